The molecule has 1 aliphatic rings. The SMILES string of the molecule is CCCC[n+]1ccccc1.CCN1C=CN(C)C1. The molecule has 0 amide bonds. The van der Waals surface area contributed by atoms with Crippen molar-refractivity contribution in [3.8, 4) is 0 Å². The van der Waals surface area contributed by atoms with Crippen LogP contribution in [0.25, 0.3) is 0 Å². The second-order valence-electron chi connectivity index (χ2n) is 4.57. The molecular weight excluding hydrogens is 222 g/mol. The predicted octanol–water partition coefficient (Wildman–Crippen LogP) is 2.46. The van der Waals surface area contributed by atoms with Crippen molar-refractivity contribution < 1.29 is 4.57 Å². The van der Waals surface area contributed by atoms with Crippen molar-refractivity contribution >= 4 is 0 Å². The Kier molecular flexibility index (Phi) is 6.92. The molecule has 1 aromatic rings. The Balaban J connectivity index is 0.000000184. The highest BCUT2D eigenvalue weighted by Crippen LogP contribution is 2.00. The Morgan fingerprint density at radius 3 is 2.22 bits per heavy atom. The van der Waals surface area contributed by atoms with Crippen LogP contribution in [0.4, 0.5) is 0 Å². The summed E-state index contributed by atoms with van der Waals surface area (Å²) in [4.78, 5) is 4.41. The van der Waals surface area contributed by atoms with Crippen molar-refractivity contribution in [3.63, 3.8) is 0 Å². The van der Waals surface area contributed by atoms with Gasteiger partial charge in [0, 0.05) is 44.5 Å². The van der Waals surface area contributed by atoms with Crippen molar-refractivity contribution in [2.24, 2.45) is 0 Å². The highest BCUT2D eigenvalue weighted by molar-refractivity contribution is 4.87. The third-order valence-electron chi connectivity index (χ3n) is 2.89. The van der Waals surface area contributed by atoms with Gasteiger partial charge < -0.3 is 9.80 Å². The van der Waals surface area contributed by atoms with Crippen LogP contribution in [0.2, 0.25) is 0 Å². The molecule has 0 atom stereocenters. The number of aryl methyl sites for hydroxylation is 1. The van der Waals surface area contributed by atoms with Gasteiger partial charge in [0.1, 0.15) is 6.54 Å². The fraction of sp³-hybridized carbons (Fsp3) is 0.533. The van der Waals surface area contributed by atoms with Crippen LogP contribution in [0.1, 0.15) is 26.7 Å². The Hall–Kier alpha value is -1.51. The summed E-state index contributed by atoms with van der Waals surface area (Å²) >= 11 is 0. The Labute approximate surface area is 111 Å². The molecule has 18 heavy (non-hydrogen) atoms. The number of aromatic nitrogens is 1. The van der Waals surface area contributed by atoms with E-state index in [-0.39, 0.29) is 0 Å². The number of hydrogen-bond acceptors (Lipinski definition) is 2. The highest BCUT2D eigenvalue weighted by atomic mass is 15.3. The molecule has 0 aromatic carbocycles. The lowest BCUT2D eigenvalue weighted by Crippen LogP contribution is -2.31. The average Bonchev–Trinajstić information content (AvgIpc) is 2.84. The number of nitrogens with zero attached hydrogens (tertiary/aromatic N) is 3. The van der Waals surface area contributed by atoms with Crippen LogP contribution in [0.3, 0.4) is 0 Å². The molecule has 0 radical (unpaired) electrons. The van der Waals surface area contributed by atoms with E-state index in [4.69, 9.17) is 0 Å². The largest absolute Gasteiger partial charge is 0.362 e. The zero-order valence-corrected chi connectivity index (χ0v) is 11.9. The standard InChI is InChI=1S/C9H14N.C6H12N2/c1-2-3-7-10-8-5-4-6-9-10;1-3-8-5-4-7(2)6-8/h4-6,8-9H,2-3,7H2,1H3;4-5H,3,6H2,1-2H3/q+1;. The van der Waals surface area contributed by atoms with Gasteiger partial charge in [-0.15, -0.1) is 0 Å². The van der Waals surface area contributed by atoms with Crippen LogP contribution in [0.5, 0.6) is 0 Å². The average molecular weight is 248 g/mol. The van der Waals surface area contributed by atoms with Gasteiger partial charge in [-0.1, -0.05) is 19.4 Å². The van der Waals surface area contributed by atoms with Crippen molar-refractivity contribution in [2.45, 2.75) is 33.2 Å². The molecule has 0 aliphatic carbocycles. The van der Waals surface area contributed by atoms with E-state index >= 15 is 0 Å². The fourth-order valence-electron chi connectivity index (χ4n) is 1.72. The monoisotopic (exact) mass is 248 g/mol. The molecule has 0 saturated heterocycles. The van der Waals surface area contributed by atoms with E-state index in [2.05, 4.69) is 72.2 Å². The van der Waals surface area contributed by atoms with E-state index in [1.54, 1.807) is 0 Å². The first kappa shape index (κ1) is 14.6. The summed E-state index contributed by atoms with van der Waals surface area (Å²) in [5.41, 5.74) is 0. The molecule has 0 fully saturated rings. The third kappa shape index (κ3) is 5.71. The van der Waals surface area contributed by atoms with Gasteiger partial charge in [0.05, 0.1) is 6.67 Å². The maximum Gasteiger partial charge on any atom is 0.168 e. The molecular formula is C15H26N3+. The van der Waals surface area contributed by atoms with Crippen LogP contribution < -0.4 is 4.57 Å². The molecule has 1 aliphatic heterocycles. The topological polar surface area (TPSA) is 10.4 Å². The molecule has 100 valence electrons. The summed E-state index contributed by atoms with van der Waals surface area (Å²) in [7, 11) is 2.08. The molecule has 0 bridgehead atoms. The molecule has 3 heteroatoms. The summed E-state index contributed by atoms with van der Waals surface area (Å²) in [5, 5.41) is 0. The van der Waals surface area contributed by atoms with E-state index in [1.165, 1.54) is 12.8 Å². The number of hydrogen-bond donors (Lipinski definition) is 0. The van der Waals surface area contributed by atoms with E-state index in [9.17, 15) is 0 Å². The van der Waals surface area contributed by atoms with Gasteiger partial charge in [0.2, 0.25) is 0 Å². The Morgan fingerprint density at radius 2 is 1.78 bits per heavy atom. The number of pyridine rings is 1. The molecule has 0 unspecified atom stereocenters. The van der Waals surface area contributed by atoms with Gasteiger partial charge in [-0.05, 0) is 6.92 Å². The van der Waals surface area contributed by atoms with Crippen molar-refractivity contribution in [2.75, 3.05) is 20.3 Å². The first-order valence-corrected chi connectivity index (χ1v) is 6.83. The zero-order valence-electron chi connectivity index (χ0n) is 11.9. The van der Waals surface area contributed by atoms with Gasteiger partial charge in [-0.25, -0.2) is 4.57 Å². The maximum absolute atomic E-state index is 2.25. The minimum Gasteiger partial charge on any atom is -0.362 e. The molecule has 2 rings (SSSR count). The van der Waals surface area contributed by atoms with Crippen molar-refractivity contribution in [1.82, 2.24) is 9.80 Å². The molecule has 2 heterocycles. The second-order valence-corrected chi connectivity index (χ2v) is 4.57. The van der Waals surface area contributed by atoms with Crippen LogP contribution in [0, 0.1) is 0 Å². The van der Waals surface area contributed by atoms with Gasteiger partial charge in [0.15, 0.2) is 12.4 Å². The Bertz CT molecular complexity index is 335. The summed E-state index contributed by atoms with van der Waals surface area (Å²) in [5.74, 6) is 0. The maximum atomic E-state index is 2.25. The second kappa shape index (κ2) is 8.56. The van der Waals surface area contributed by atoms with E-state index in [0.29, 0.717) is 0 Å². The van der Waals surface area contributed by atoms with E-state index < -0.39 is 0 Å². The van der Waals surface area contributed by atoms with Crippen LogP contribution in [0.15, 0.2) is 43.0 Å². The van der Waals surface area contributed by atoms with Crippen LogP contribution in [-0.4, -0.2) is 30.1 Å². The van der Waals surface area contributed by atoms with Gasteiger partial charge >= 0.3 is 0 Å². The summed E-state index contributed by atoms with van der Waals surface area (Å²) in [6, 6.07) is 6.17. The predicted molar refractivity (Wildman–Crippen MR) is 75.7 cm³/mol. The molecule has 1 aromatic heterocycles. The summed E-state index contributed by atoms with van der Waals surface area (Å²) in [6.07, 6.45) is 10.9. The number of rotatable bonds is 4. The number of unbranched alkanes of at least 4 members (excludes halogenated alkanes) is 1. The molecule has 0 saturated carbocycles. The fourth-order valence-corrected chi connectivity index (χ4v) is 1.72. The summed E-state index contributed by atoms with van der Waals surface area (Å²) in [6.45, 7) is 7.68. The van der Waals surface area contributed by atoms with Gasteiger partial charge in [0.25, 0.3) is 0 Å². The lowest BCUT2D eigenvalue weighted by molar-refractivity contribution is -0.697. The van der Waals surface area contributed by atoms with E-state index in [0.717, 1.165) is 19.8 Å². The van der Waals surface area contributed by atoms with E-state index in [1.807, 2.05) is 6.07 Å². The normalized spacial score (nSPS) is 13.5. The lowest BCUT2D eigenvalue weighted by Gasteiger charge is -2.14. The lowest BCUT2D eigenvalue weighted by atomic mass is 10.3. The molecule has 3 nitrogen and oxygen atoms in total. The van der Waals surface area contributed by atoms with Crippen molar-refractivity contribution in [1.29, 1.82) is 0 Å². The Morgan fingerprint density at radius 1 is 1.06 bits per heavy atom. The zero-order chi connectivity index (χ0) is 13.2. The minimum atomic E-state index is 1.05. The molecule has 0 N–H and O–H groups in total. The molecule has 0 spiro atoms. The quantitative estimate of drug-likeness (QED) is 0.758. The minimum absolute atomic E-state index is 1.05. The van der Waals surface area contributed by atoms with Crippen LogP contribution in [-0.2, 0) is 6.54 Å². The summed E-state index contributed by atoms with van der Waals surface area (Å²) < 4.78 is 2.21. The highest BCUT2D eigenvalue weighted by Gasteiger charge is 2.03. The first-order chi connectivity index (χ1) is 8.76. The first-order valence-electron chi connectivity index (χ1n) is 6.83. The van der Waals surface area contributed by atoms with Crippen LogP contribution >= 0.6 is 0 Å². The van der Waals surface area contributed by atoms with Crippen molar-refractivity contribution in [3.05, 3.63) is 43.0 Å². The van der Waals surface area contributed by atoms with Gasteiger partial charge in [-0.2, -0.15) is 0 Å². The smallest absolute Gasteiger partial charge is 0.168 e. The van der Waals surface area contributed by atoms with Gasteiger partial charge in [-0.3, -0.25) is 0 Å². The third-order valence-corrected chi connectivity index (χ3v) is 2.89.